The molecule has 16 heavy (non-hydrogen) atoms. The molecule has 1 aromatic rings. The number of rotatable bonds is 2. The van der Waals surface area contributed by atoms with E-state index in [1.165, 1.54) is 0 Å². The Balaban J connectivity index is 2.35. The van der Waals surface area contributed by atoms with Gasteiger partial charge in [-0.25, -0.2) is 0 Å². The van der Waals surface area contributed by atoms with Crippen LogP contribution in [0.5, 0.6) is 0 Å². The molecule has 1 N–H and O–H groups in total. The summed E-state index contributed by atoms with van der Waals surface area (Å²) < 4.78 is 0. The van der Waals surface area contributed by atoms with Gasteiger partial charge in [0.1, 0.15) is 0 Å². The lowest BCUT2D eigenvalue weighted by atomic mass is 9.62. The standard InChI is InChI=1S/C13H17NO2/c1-14(2)12(16)13(8-11(15)9-13)10-6-4-3-5-7-10/h3-7,11,15H,8-9H2,1-2H3/t11-,13+. The summed E-state index contributed by atoms with van der Waals surface area (Å²) in [4.78, 5) is 13.8. The monoisotopic (exact) mass is 219 g/mol. The Bertz CT molecular complexity index is 380. The van der Waals surface area contributed by atoms with Crippen molar-refractivity contribution >= 4 is 5.91 Å². The maximum absolute atomic E-state index is 12.2. The lowest BCUT2D eigenvalue weighted by molar-refractivity contribution is -0.143. The van der Waals surface area contributed by atoms with Gasteiger partial charge in [0.15, 0.2) is 0 Å². The average Bonchev–Trinajstić information content (AvgIpc) is 2.24. The van der Waals surface area contributed by atoms with Gasteiger partial charge in [-0.2, -0.15) is 0 Å². The van der Waals surface area contributed by atoms with Crippen molar-refractivity contribution in [3.63, 3.8) is 0 Å². The molecule has 86 valence electrons. The highest BCUT2D eigenvalue weighted by Crippen LogP contribution is 2.44. The molecule has 0 radical (unpaired) electrons. The van der Waals surface area contributed by atoms with Gasteiger partial charge in [0, 0.05) is 14.1 Å². The van der Waals surface area contributed by atoms with Gasteiger partial charge >= 0.3 is 0 Å². The molecule has 3 heteroatoms. The zero-order valence-electron chi connectivity index (χ0n) is 9.68. The van der Waals surface area contributed by atoms with E-state index in [1.807, 2.05) is 30.3 Å². The molecule has 0 aliphatic heterocycles. The van der Waals surface area contributed by atoms with Gasteiger partial charge < -0.3 is 10.0 Å². The molecule has 0 bridgehead atoms. The first-order valence-corrected chi connectivity index (χ1v) is 5.51. The Hall–Kier alpha value is -1.35. The molecule has 0 spiro atoms. The summed E-state index contributed by atoms with van der Waals surface area (Å²) in [5, 5.41) is 9.50. The molecular weight excluding hydrogens is 202 g/mol. The highest BCUT2D eigenvalue weighted by atomic mass is 16.3. The smallest absolute Gasteiger partial charge is 0.232 e. The van der Waals surface area contributed by atoms with E-state index < -0.39 is 5.41 Å². The fraction of sp³-hybridized carbons (Fsp3) is 0.462. The van der Waals surface area contributed by atoms with Gasteiger partial charge in [-0.3, -0.25) is 4.79 Å². The first-order chi connectivity index (χ1) is 7.56. The SMILES string of the molecule is CN(C)C(=O)[C@]1(c2ccccc2)C[C@H](O)C1. The van der Waals surface area contributed by atoms with Gasteiger partial charge in [-0.1, -0.05) is 30.3 Å². The summed E-state index contributed by atoms with van der Waals surface area (Å²) in [6, 6.07) is 9.74. The van der Waals surface area contributed by atoms with E-state index in [0.717, 1.165) is 5.56 Å². The third-order valence-corrected chi connectivity index (χ3v) is 3.31. The zero-order chi connectivity index (χ0) is 11.8. The minimum Gasteiger partial charge on any atom is -0.393 e. The summed E-state index contributed by atoms with van der Waals surface area (Å²) in [6.45, 7) is 0. The summed E-state index contributed by atoms with van der Waals surface area (Å²) in [5.74, 6) is 0.0870. The van der Waals surface area contributed by atoms with Crippen molar-refractivity contribution in [2.24, 2.45) is 0 Å². The highest BCUT2D eigenvalue weighted by Gasteiger charge is 2.51. The lowest BCUT2D eigenvalue weighted by Gasteiger charge is -2.45. The van der Waals surface area contributed by atoms with Gasteiger partial charge in [0.05, 0.1) is 11.5 Å². The lowest BCUT2D eigenvalue weighted by Crippen LogP contribution is -2.54. The fourth-order valence-electron chi connectivity index (χ4n) is 2.46. The zero-order valence-corrected chi connectivity index (χ0v) is 9.68. The summed E-state index contributed by atoms with van der Waals surface area (Å²) in [5.41, 5.74) is 0.517. The quantitative estimate of drug-likeness (QED) is 0.811. The number of aliphatic hydroxyl groups is 1. The molecule has 1 aliphatic rings. The average molecular weight is 219 g/mol. The number of benzene rings is 1. The predicted molar refractivity (Wildman–Crippen MR) is 62.1 cm³/mol. The highest BCUT2D eigenvalue weighted by molar-refractivity contribution is 5.89. The summed E-state index contributed by atoms with van der Waals surface area (Å²) in [6.07, 6.45) is 0.728. The van der Waals surface area contributed by atoms with Crippen LogP contribution in [0.1, 0.15) is 18.4 Å². The minimum atomic E-state index is -0.496. The van der Waals surface area contributed by atoms with Crippen LogP contribution >= 0.6 is 0 Å². The van der Waals surface area contributed by atoms with Crippen LogP contribution in [0, 0.1) is 0 Å². The van der Waals surface area contributed by atoms with E-state index in [2.05, 4.69) is 0 Å². The van der Waals surface area contributed by atoms with Gasteiger partial charge in [-0.05, 0) is 18.4 Å². The van der Waals surface area contributed by atoms with E-state index in [-0.39, 0.29) is 12.0 Å². The Kier molecular flexibility index (Phi) is 2.72. The van der Waals surface area contributed by atoms with Crippen LogP contribution in [0.3, 0.4) is 0 Å². The molecule has 1 amide bonds. The number of hydrogen-bond acceptors (Lipinski definition) is 2. The van der Waals surface area contributed by atoms with Crippen molar-refractivity contribution in [2.75, 3.05) is 14.1 Å². The Labute approximate surface area is 95.7 Å². The number of carbonyl (C=O) groups is 1. The third kappa shape index (κ3) is 1.61. The number of nitrogens with zero attached hydrogens (tertiary/aromatic N) is 1. The van der Waals surface area contributed by atoms with E-state index in [9.17, 15) is 9.90 Å². The minimum absolute atomic E-state index is 0.0870. The molecule has 0 heterocycles. The van der Waals surface area contributed by atoms with Crippen LogP contribution in [-0.2, 0) is 10.2 Å². The number of amides is 1. The predicted octanol–water partition coefficient (Wildman–Crippen LogP) is 1.17. The summed E-state index contributed by atoms with van der Waals surface area (Å²) >= 11 is 0. The van der Waals surface area contributed by atoms with Crippen LogP contribution in [0.2, 0.25) is 0 Å². The van der Waals surface area contributed by atoms with E-state index in [4.69, 9.17) is 0 Å². The molecule has 2 rings (SSSR count). The van der Waals surface area contributed by atoms with Crippen molar-refractivity contribution < 1.29 is 9.90 Å². The molecule has 0 saturated heterocycles. The molecule has 0 unspecified atom stereocenters. The van der Waals surface area contributed by atoms with Crippen molar-refractivity contribution in [2.45, 2.75) is 24.4 Å². The second-order valence-corrected chi connectivity index (χ2v) is 4.71. The largest absolute Gasteiger partial charge is 0.393 e. The van der Waals surface area contributed by atoms with Crippen LogP contribution in [0.15, 0.2) is 30.3 Å². The molecular formula is C13H17NO2. The number of carbonyl (C=O) groups excluding carboxylic acids is 1. The van der Waals surface area contributed by atoms with Gasteiger partial charge in [0.2, 0.25) is 5.91 Å². The molecule has 3 nitrogen and oxygen atoms in total. The topological polar surface area (TPSA) is 40.5 Å². The van der Waals surface area contributed by atoms with Crippen LogP contribution < -0.4 is 0 Å². The second-order valence-electron chi connectivity index (χ2n) is 4.71. The Morgan fingerprint density at radius 3 is 2.31 bits per heavy atom. The van der Waals surface area contributed by atoms with E-state index in [1.54, 1.807) is 19.0 Å². The van der Waals surface area contributed by atoms with Crippen molar-refractivity contribution in [3.8, 4) is 0 Å². The molecule has 1 fully saturated rings. The fourth-order valence-corrected chi connectivity index (χ4v) is 2.46. The third-order valence-electron chi connectivity index (χ3n) is 3.31. The summed E-state index contributed by atoms with van der Waals surface area (Å²) in [7, 11) is 3.52. The van der Waals surface area contributed by atoms with Crippen LogP contribution in [0.25, 0.3) is 0 Å². The van der Waals surface area contributed by atoms with Crippen LogP contribution in [0.4, 0.5) is 0 Å². The van der Waals surface area contributed by atoms with Crippen molar-refractivity contribution in [1.29, 1.82) is 0 Å². The number of hydrogen-bond donors (Lipinski definition) is 1. The second kappa shape index (κ2) is 3.91. The van der Waals surface area contributed by atoms with Crippen molar-refractivity contribution in [1.82, 2.24) is 4.90 Å². The van der Waals surface area contributed by atoms with Gasteiger partial charge in [-0.15, -0.1) is 0 Å². The molecule has 1 saturated carbocycles. The van der Waals surface area contributed by atoms with E-state index >= 15 is 0 Å². The van der Waals surface area contributed by atoms with Gasteiger partial charge in [0.25, 0.3) is 0 Å². The molecule has 1 aliphatic carbocycles. The Morgan fingerprint density at radius 2 is 1.88 bits per heavy atom. The van der Waals surface area contributed by atoms with Crippen molar-refractivity contribution in [3.05, 3.63) is 35.9 Å². The maximum Gasteiger partial charge on any atom is 0.232 e. The van der Waals surface area contributed by atoms with Crippen LogP contribution in [-0.4, -0.2) is 36.1 Å². The first-order valence-electron chi connectivity index (χ1n) is 5.51. The Morgan fingerprint density at radius 1 is 1.31 bits per heavy atom. The number of likely N-dealkylation sites (N-methyl/N-ethyl adjacent to an activating group) is 1. The molecule has 1 aromatic carbocycles. The normalized spacial score (nSPS) is 28.3. The molecule has 0 aromatic heterocycles. The first kappa shape index (κ1) is 11.1. The maximum atomic E-state index is 12.2. The van der Waals surface area contributed by atoms with E-state index in [0.29, 0.717) is 12.8 Å². The molecule has 0 atom stereocenters. The number of aliphatic hydroxyl groups excluding tert-OH is 1.